The van der Waals surface area contributed by atoms with Crippen molar-refractivity contribution in [3.8, 4) is 0 Å². The summed E-state index contributed by atoms with van der Waals surface area (Å²) in [5.41, 5.74) is 2.36. The van der Waals surface area contributed by atoms with Crippen molar-refractivity contribution in [1.29, 1.82) is 0 Å². The number of carbonyl (C=O) groups is 3. The average Bonchev–Trinajstić information content (AvgIpc) is 3.55. The normalized spacial score (nSPS) is 20.1. The van der Waals surface area contributed by atoms with Gasteiger partial charge in [-0.15, -0.1) is 11.3 Å². The highest BCUT2D eigenvalue weighted by molar-refractivity contribution is 7.09. The van der Waals surface area contributed by atoms with E-state index in [1.54, 1.807) is 11.3 Å². The molecule has 2 saturated heterocycles. The van der Waals surface area contributed by atoms with Crippen LogP contribution < -0.4 is 0 Å². The molecule has 0 amide bonds. The summed E-state index contributed by atoms with van der Waals surface area (Å²) >= 11 is 1.74. The van der Waals surface area contributed by atoms with Gasteiger partial charge in [-0.1, -0.05) is 6.07 Å². The third kappa shape index (κ3) is 14.3. The van der Waals surface area contributed by atoms with Crippen LogP contribution in [0.4, 0.5) is 39.5 Å². The van der Waals surface area contributed by atoms with Gasteiger partial charge in [0.15, 0.2) is 0 Å². The quantitative estimate of drug-likeness (QED) is 0.379. The Morgan fingerprint density at radius 3 is 1.80 bits per heavy atom. The van der Waals surface area contributed by atoms with Gasteiger partial charge in [0.25, 0.3) is 0 Å². The van der Waals surface area contributed by atoms with E-state index < -0.39 is 36.4 Å². The van der Waals surface area contributed by atoms with E-state index in [0.29, 0.717) is 18.1 Å². The lowest BCUT2D eigenvalue weighted by molar-refractivity contribution is -0.193. The molecule has 0 saturated carbocycles. The first kappa shape index (κ1) is 40.5. The second kappa shape index (κ2) is 17.4. The average molecular weight is 701 g/mol. The fourth-order valence-corrected chi connectivity index (χ4v) is 4.95. The van der Waals surface area contributed by atoms with Crippen molar-refractivity contribution in [2.75, 3.05) is 26.7 Å². The Hall–Kier alpha value is -3.56. The second-order valence-corrected chi connectivity index (χ2v) is 10.6. The maximum absolute atomic E-state index is 10.6. The van der Waals surface area contributed by atoms with Gasteiger partial charge >= 0.3 is 36.4 Å². The van der Waals surface area contributed by atoms with Crippen LogP contribution in [0.25, 0.3) is 0 Å². The van der Waals surface area contributed by atoms with Crippen LogP contribution in [0, 0.1) is 12.8 Å². The Morgan fingerprint density at radius 2 is 1.41 bits per heavy atom. The fraction of sp³-hybridized carbons (Fsp3) is 0.560. The lowest BCUT2D eigenvalue weighted by Crippen LogP contribution is -2.50. The molecule has 46 heavy (non-hydrogen) atoms. The fourth-order valence-electron chi connectivity index (χ4n) is 4.35. The molecule has 2 aromatic rings. The molecule has 21 heteroatoms. The van der Waals surface area contributed by atoms with Gasteiger partial charge in [-0.3, -0.25) is 14.8 Å². The number of thiazole rings is 1. The number of nitrogens with zero attached hydrogens (tertiary/aromatic N) is 4. The zero-order valence-electron chi connectivity index (χ0n) is 23.9. The largest absolute Gasteiger partial charge is 0.490 e. The van der Waals surface area contributed by atoms with Crippen molar-refractivity contribution in [3.05, 3.63) is 46.2 Å². The maximum Gasteiger partial charge on any atom is 0.490 e. The first-order valence-corrected chi connectivity index (χ1v) is 13.6. The van der Waals surface area contributed by atoms with E-state index in [2.05, 4.69) is 44.2 Å². The molecular weight excluding hydrogens is 671 g/mol. The molecule has 0 unspecified atom stereocenters. The summed E-state index contributed by atoms with van der Waals surface area (Å²) in [7, 11) is 1.86. The van der Waals surface area contributed by atoms with E-state index in [9.17, 15) is 39.5 Å². The minimum Gasteiger partial charge on any atom is -0.475 e. The van der Waals surface area contributed by atoms with Gasteiger partial charge in [-0.05, 0) is 25.5 Å². The molecule has 260 valence electrons. The van der Waals surface area contributed by atoms with Crippen molar-refractivity contribution in [1.82, 2.24) is 19.8 Å². The van der Waals surface area contributed by atoms with Crippen LogP contribution in [0.3, 0.4) is 0 Å². The Balaban J connectivity index is 0.000000413. The van der Waals surface area contributed by atoms with Crippen LogP contribution in [0.5, 0.6) is 0 Å². The van der Waals surface area contributed by atoms with E-state index in [-0.39, 0.29) is 0 Å². The lowest BCUT2D eigenvalue weighted by Gasteiger charge is -2.41. The van der Waals surface area contributed by atoms with E-state index >= 15 is 0 Å². The summed E-state index contributed by atoms with van der Waals surface area (Å²) in [4.78, 5) is 41.0. The topological polar surface area (TPSA) is 153 Å². The molecule has 2 fully saturated rings. The number of hydrogen-bond donors (Lipinski definition) is 3. The van der Waals surface area contributed by atoms with Crippen molar-refractivity contribution in [2.45, 2.75) is 57.1 Å². The van der Waals surface area contributed by atoms with Crippen LogP contribution in [-0.2, 0) is 32.2 Å². The molecule has 4 heterocycles. The number of rotatable bonds is 5. The van der Waals surface area contributed by atoms with Gasteiger partial charge < -0.3 is 20.1 Å². The molecule has 0 radical (unpaired) electrons. The smallest absolute Gasteiger partial charge is 0.475 e. The number of pyridine rings is 1. The number of ether oxygens (including phenoxy) is 1. The van der Waals surface area contributed by atoms with E-state index in [1.807, 2.05) is 19.4 Å². The zero-order valence-corrected chi connectivity index (χ0v) is 24.8. The Morgan fingerprint density at radius 1 is 0.891 bits per heavy atom. The van der Waals surface area contributed by atoms with Crippen LogP contribution in [-0.4, -0.2) is 110 Å². The minimum absolute atomic E-state index is 0.368. The SMILES string of the molecule is CO[C@H]1CCN(Cc2ccccn2)[C@@H]2CN(Cc3csc(C)n3)C[C@H]12.O=C(O)C(F)(F)F.O=C(O)C(F)(F)F.O=C(O)C(F)(F)F. The number of aliphatic carboxylic acids is 3. The number of aryl methyl sites for hydroxylation is 1. The highest BCUT2D eigenvalue weighted by atomic mass is 32.1. The van der Waals surface area contributed by atoms with Crippen LogP contribution in [0.15, 0.2) is 29.8 Å². The van der Waals surface area contributed by atoms with E-state index in [0.717, 1.165) is 49.8 Å². The number of piperidine rings is 1. The maximum atomic E-state index is 10.6. The third-order valence-electron chi connectivity index (χ3n) is 6.23. The molecule has 0 aliphatic carbocycles. The molecule has 2 aliphatic rings. The molecule has 0 spiro atoms. The zero-order chi connectivity index (χ0) is 35.5. The number of alkyl halides is 9. The number of halogens is 9. The summed E-state index contributed by atoms with van der Waals surface area (Å²) in [6.45, 7) is 7.23. The number of hydrogen-bond acceptors (Lipinski definition) is 9. The molecule has 3 N–H and O–H groups in total. The highest BCUT2D eigenvalue weighted by Gasteiger charge is 2.44. The van der Waals surface area contributed by atoms with Gasteiger partial charge in [-0.2, -0.15) is 39.5 Å². The number of likely N-dealkylation sites (tertiary alicyclic amines) is 2. The standard InChI is InChI=1S/C19H26N4OS.3C2HF3O2/c1-14-21-16(13-25-14)9-22-11-17-18(12-22)23(8-6-19(17)24-2)10-15-5-3-4-7-20-15;3*3-2(4,5)1(6)7/h3-5,7,13,17-19H,6,8-12H2,1-2H3;3*(H,6,7)/t17-,18+,19-;;;/m0.../s1. The number of fused-ring (bicyclic) bond motifs is 1. The molecular formula is C25H29F9N4O7S. The molecule has 3 atom stereocenters. The van der Waals surface area contributed by atoms with Gasteiger partial charge in [0, 0.05) is 63.4 Å². The van der Waals surface area contributed by atoms with Crippen LogP contribution in [0.1, 0.15) is 22.8 Å². The minimum atomic E-state index is -5.08. The van der Waals surface area contributed by atoms with Crippen molar-refractivity contribution in [2.24, 2.45) is 5.92 Å². The molecule has 2 aliphatic heterocycles. The monoisotopic (exact) mass is 700 g/mol. The first-order chi connectivity index (χ1) is 21.1. The van der Waals surface area contributed by atoms with Gasteiger partial charge in [-0.25, -0.2) is 19.4 Å². The Labute approximate surface area is 259 Å². The summed E-state index contributed by atoms with van der Waals surface area (Å²) in [5, 5.41) is 24.7. The van der Waals surface area contributed by atoms with Crippen LogP contribution >= 0.6 is 11.3 Å². The van der Waals surface area contributed by atoms with Gasteiger partial charge in [0.1, 0.15) is 0 Å². The van der Waals surface area contributed by atoms with Crippen LogP contribution in [0.2, 0.25) is 0 Å². The molecule has 2 aromatic heterocycles. The summed E-state index contributed by atoms with van der Waals surface area (Å²) in [6.07, 6.45) is -11.9. The Kier molecular flexibility index (Phi) is 15.3. The number of aromatic nitrogens is 2. The first-order valence-electron chi connectivity index (χ1n) is 12.8. The number of methoxy groups -OCH3 is 1. The van der Waals surface area contributed by atoms with Crippen molar-refractivity contribution >= 4 is 29.2 Å². The molecule has 0 aromatic carbocycles. The molecule has 4 rings (SSSR count). The third-order valence-corrected chi connectivity index (χ3v) is 7.05. The van der Waals surface area contributed by atoms with Crippen molar-refractivity contribution in [3.63, 3.8) is 0 Å². The number of carboxylic acid groups (broad SMARTS) is 3. The predicted molar refractivity (Wildman–Crippen MR) is 141 cm³/mol. The predicted octanol–water partition coefficient (Wildman–Crippen LogP) is 4.47. The second-order valence-electron chi connectivity index (χ2n) is 9.55. The lowest BCUT2D eigenvalue weighted by atomic mass is 9.89. The summed E-state index contributed by atoms with van der Waals surface area (Å²) < 4.78 is 101. The van der Waals surface area contributed by atoms with E-state index in [1.165, 1.54) is 5.69 Å². The summed E-state index contributed by atoms with van der Waals surface area (Å²) in [6, 6.07) is 6.73. The summed E-state index contributed by atoms with van der Waals surface area (Å²) in [5.74, 6) is -7.70. The molecule has 0 bridgehead atoms. The molecule has 11 nitrogen and oxygen atoms in total. The number of carboxylic acids is 3. The van der Waals surface area contributed by atoms with Crippen molar-refractivity contribution < 1.29 is 74.0 Å². The highest BCUT2D eigenvalue weighted by Crippen LogP contribution is 2.34. The van der Waals surface area contributed by atoms with E-state index in [4.69, 9.17) is 34.4 Å². The Bertz CT molecular complexity index is 1200. The van der Waals surface area contributed by atoms with Gasteiger partial charge in [0.2, 0.25) is 0 Å². The van der Waals surface area contributed by atoms with Gasteiger partial charge in [0.05, 0.1) is 22.5 Å².